The summed E-state index contributed by atoms with van der Waals surface area (Å²) >= 11 is 0. The van der Waals surface area contributed by atoms with Gasteiger partial charge in [0.15, 0.2) is 0 Å². The Bertz CT molecular complexity index is 1390. The number of anilines is 1. The van der Waals surface area contributed by atoms with Crippen LogP contribution in [-0.4, -0.2) is 59.5 Å². The van der Waals surface area contributed by atoms with Gasteiger partial charge in [0.2, 0.25) is 5.91 Å². The maximum absolute atomic E-state index is 13.7. The molecule has 5 amide bonds. The van der Waals surface area contributed by atoms with E-state index >= 15 is 0 Å². The monoisotopic (exact) mass is 476 g/mol. The molecule has 0 unspecified atom stereocenters. The Morgan fingerprint density at radius 3 is 2.60 bits per heavy atom. The summed E-state index contributed by atoms with van der Waals surface area (Å²) in [4.78, 5) is 53.4. The van der Waals surface area contributed by atoms with Gasteiger partial charge in [-0.2, -0.15) is 0 Å². The summed E-state index contributed by atoms with van der Waals surface area (Å²) < 4.78 is 20.8. The lowest BCUT2D eigenvalue weighted by atomic mass is 10.1. The molecule has 3 aromatic rings. The van der Waals surface area contributed by atoms with Crippen LogP contribution < -0.4 is 10.2 Å². The third-order valence-electron chi connectivity index (χ3n) is 5.96. The van der Waals surface area contributed by atoms with E-state index in [1.165, 1.54) is 24.3 Å². The summed E-state index contributed by atoms with van der Waals surface area (Å²) in [5.74, 6) is -2.42. The molecule has 0 aliphatic carbocycles. The molecule has 2 saturated heterocycles. The molecular weight excluding hydrogens is 455 g/mol. The number of nitrogens with zero attached hydrogens (tertiary/aromatic N) is 3. The number of para-hydroxylation sites is 1. The SMILES string of the molecule is O=C1NC(=O)N(c2cccc(F)c2)C(=O)/C1=C/c1cn(CC(=O)N2CCOCC2)c2ccccc12. The fourth-order valence-corrected chi connectivity index (χ4v) is 4.24. The highest BCUT2D eigenvalue weighted by molar-refractivity contribution is 6.39. The number of fused-ring (bicyclic) bond motifs is 1. The molecule has 0 atom stereocenters. The number of urea groups is 1. The molecule has 2 aliphatic heterocycles. The molecular formula is C25H21FN4O5. The zero-order valence-corrected chi connectivity index (χ0v) is 18.6. The fraction of sp³-hybridized carbons (Fsp3) is 0.200. The summed E-state index contributed by atoms with van der Waals surface area (Å²) in [6, 6.07) is 11.3. The quantitative estimate of drug-likeness (QED) is 0.460. The van der Waals surface area contributed by atoms with Crippen LogP contribution in [0.5, 0.6) is 0 Å². The standard InChI is InChI=1S/C25H21FN4O5/c26-17-4-3-5-18(13-17)30-24(33)20(23(32)27-25(30)34)12-16-14-29(21-7-2-1-6-19(16)21)15-22(31)28-8-10-35-11-9-28/h1-7,12-14H,8-11,15H2,(H,27,32,34)/b20-12+. The number of carbonyl (C=O) groups excluding carboxylic acids is 4. The second-order valence-electron chi connectivity index (χ2n) is 8.16. The lowest BCUT2D eigenvalue weighted by Gasteiger charge is -2.27. The Morgan fingerprint density at radius 1 is 1.06 bits per heavy atom. The smallest absolute Gasteiger partial charge is 0.335 e. The Morgan fingerprint density at radius 2 is 1.83 bits per heavy atom. The molecule has 3 heterocycles. The van der Waals surface area contributed by atoms with Gasteiger partial charge in [-0.15, -0.1) is 0 Å². The molecule has 0 spiro atoms. The van der Waals surface area contributed by atoms with Crippen LogP contribution in [-0.2, 0) is 25.7 Å². The molecule has 9 nitrogen and oxygen atoms in total. The first-order chi connectivity index (χ1) is 16.9. The van der Waals surface area contributed by atoms with Crippen molar-refractivity contribution < 1.29 is 28.3 Å². The van der Waals surface area contributed by atoms with E-state index in [2.05, 4.69) is 5.32 Å². The van der Waals surface area contributed by atoms with Crippen molar-refractivity contribution in [2.45, 2.75) is 6.54 Å². The van der Waals surface area contributed by atoms with Crippen LogP contribution in [0.1, 0.15) is 5.56 Å². The van der Waals surface area contributed by atoms with Crippen molar-refractivity contribution in [3.8, 4) is 0 Å². The molecule has 2 aromatic carbocycles. The average Bonchev–Trinajstić information content (AvgIpc) is 3.19. The maximum Gasteiger partial charge on any atom is 0.335 e. The van der Waals surface area contributed by atoms with E-state index in [1.54, 1.807) is 15.7 Å². The number of amides is 5. The maximum atomic E-state index is 13.7. The van der Waals surface area contributed by atoms with Gasteiger partial charge in [0.1, 0.15) is 17.9 Å². The molecule has 0 saturated carbocycles. The zero-order chi connectivity index (χ0) is 24.5. The minimum atomic E-state index is -0.957. The number of imide groups is 2. The number of carbonyl (C=O) groups is 4. The molecule has 0 radical (unpaired) electrons. The molecule has 5 rings (SSSR count). The van der Waals surface area contributed by atoms with Crippen LogP contribution in [0.4, 0.5) is 14.9 Å². The Hall–Kier alpha value is -4.31. The molecule has 0 bridgehead atoms. The van der Waals surface area contributed by atoms with Crippen molar-refractivity contribution in [3.05, 3.63) is 71.7 Å². The van der Waals surface area contributed by atoms with Crippen molar-refractivity contribution >= 4 is 46.4 Å². The minimum Gasteiger partial charge on any atom is -0.378 e. The highest BCUT2D eigenvalue weighted by atomic mass is 19.1. The third kappa shape index (κ3) is 4.31. The van der Waals surface area contributed by atoms with Crippen LogP contribution >= 0.6 is 0 Å². The summed E-state index contributed by atoms with van der Waals surface area (Å²) in [7, 11) is 0. The van der Waals surface area contributed by atoms with Crippen molar-refractivity contribution in [2.24, 2.45) is 0 Å². The number of aromatic nitrogens is 1. The minimum absolute atomic E-state index is 0.00411. The summed E-state index contributed by atoms with van der Waals surface area (Å²) in [6.45, 7) is 2.11. The predicted molar refractivity (Wildman–Crippen MR) is 125 cm³/mol. The van der Waals surface area contributed by atoms with Gasteiger partial charge in [-0.25, -0.2) is 14.1 Å². The van der Waals surface area contributed by atoms with Crippen LogP contribution in [0.15, 0.2) is 60.3 Å². The lowest BCUT2D eigenvalue weighted by Crippen LogP contribution is -2.54. The van der Waals surface area contributed by atoms with Crippen molar-refractivity contribution in [1.82, 2.24) is 14.8 Å². The molecule has 178 valence electrons. The van der Waals surface area contributed by atoms with E-state index in [9.17, 15) is 23.6 Å². The predicted octanol–water partition coefficient (Wildman–Crippen LogP) is 2.31. The van der Waals surface area contributed by atoms with Gasteiger partial charge in [0.25, 0.3) is 11.8 Å². The molecule has 2 aliphatic rings. The second-order valence-corrected chi connectivity index (χ2v) is 8.16. The molecule has 10 heteroatoms. The fourth-order valence-electron chi connectivity index (χ4n) is 4.24. The largest absolute Gasteiger partial charge is 0.378 e. The molecule has 1 aromatic heterocycles. The van der Waals surface area contributed by atoms with Crippen molar-refractivity contribution in [1.29, 1.82) is 0 Å². The number of rotatable bonds is 4. The highest BCUT2D eigenvalue weighted by Crippen LogP contribution is 2.27. The lowest BCUT2D eigenvalue weighted by molar-refractivity contribution is -0.135. The van der Waals surface area contributed by atoms with E-state index < -0.39 is 23.7 Å². The Balaban J connectivity index is 1.51. The van der Waals surface area contributed by atoms with Crippen molar-refractivity contribution in [2.75, 3.05) is 31.2 Å². The molecule has 35 heavy (non-hydrogen) atoms. The number of ether oxygens (including phenoxy) is 1. The van der Waals surface area contributed by atoms with Gasteiger partial charge in [-0.1, -0.05) is 24.3 Å². The van der Waals surface area contributed by atoms with Crippen LogP contribution in [0.25, 0.3) is 17.0 Å². The van der Waals surface area contributed by atoms with Crippen LogP contribution in [0, 0.1) is 5.82 Å². The summed E-state index contributed by atoms with van der Waals surface area (Å²) in [6.07, 6.45) is 3.08. The van der Waals surface area contributed by atoms with Gasteiger partial charge >= 0.3 is 6.03 Å². The topological polar surface area (TPSA) is 101 Å². The number of benzene rings is 2. The number of nitrogens with one attached hydrogen (secondary N) is 1. The number of hydrogen-bond acceptors (Lipinski definition) is 5. The first-order valence-electron chi connectivity index (χ1n) is 11.0. The summed E-state index contributed by atoms with van der Waals surface area (Å²) in [5, 5.41) is 2.86. The first-order valence-corrected chi connectivity index (χ1v) is 11.0. The number of halogens is 1. The molecule has 1 N–H and O–H groups in total. The summed E-state index contributed by atoms with van der Waals surface area (Å²) in [5.41, 5.74) is 1.01. The number of barbiturate groups is 1. The molecule has 2 fully saturated rings. The van der Waals surface area contributed by atoms with Gasteiger partial charge in [0, 0.05) is 35.8 Å². The number of morpholine rings is 1. The second kappa shape index (κ2) is 9.15. The van der Waals surface area contributed by atoms with Gasteiger partial charge in [0.05, 0.1) is 18.9 Å². The Kier molecular flexibility index (Phi) is 5.87. The van der Waals surface area contributed by atoms with E-state index in [4.69, 9.17) is 4.74 Å². The van der Waals surface area contributed by atoms with E-state index in [-0.39, 0.29) is 23.7 Å². The van der Waals surface area contributed by atoms with E-state index in [1.807, 2.05) is 24.3 Å². The average molecular weight is 476 g/mol. The zero-order valence-electron chi connectivity index (χ0n) is 18.6. The van der Waals surface area contributed by atoms with Gasteiger partial charge < -0.3 is 14.2 Å². The van der Waals surface area contributed by atoms with Crippen molar-refractivity contribution in [3.63, 3.8) is 0 Å². The van der Waals surface area contributed by atoms with E-state index in [0.717, 1.165) is 21.9 Å². The van der Waals surface area contributed by atoms with Crippen LogP contribution in [0.3, 0.4) is 0 Å². The third-order valence-corrected chi connectivity index (χ3v) is 5.96. The first kappa shape index (κ1) is 22.5. The Labute approximate surface area is 199 Å². The number of hydrogen-bond donors (Lipinski definition) is 1. The van der Waals surface area contributed by atoms with Gasteiger partial charge in [-0.05, 0) is 30.3 Å². The van der Waals surface area contributed by atoms with Gasteiger partial charge in [-0.3, -0.25) is 19.7 Å². The normalized spacial score (nSPS) is 17.9. The van der Waals surface area contributed by atoms with E-state index in [0.29, 0.717) is 31.9 Å². The van der Waals surface area contributed by atoms with Crippen LogP contribution in [0.2, 0.25) is 0 Å². The highest BCUT2D eigenvalue weighted by Gasteiger charge is 2.37.